The smallest absolute Gasteiger partial charge is 0.290 e. The van der Waals surface area contributed by atoms with Crippen molar-refractivity contribution in [3.63, 3.8) is 0 Å². The maximum atomic E-state index is 8.36. The molecule has 1 aliphatic heterocycles. The summed E-state index contributed by atoms with van der Waals surface area (Å²) in [6, 6.07) is 10.5. The summed E-state index contributed by atoms with van der Waals surface area (Å²) in [5, 5.41) is 28.5. The van der Waals surface area contributed by atoms with Crippen LogP contribution in [0.4, 0.5) is 0 Å². The maximum Gasteiger partial charge on any atom is 0.290 e. The molecular formula is C19H25N7O2S. The Bertz CT molecular complexity index is 891. The highest BCUT2D eigenvalue weighted by atomic mass is 32.2. The third-order valence-electron chi connectivity index (χ3n) is 4.77. The van der Waals surface area contributed by atoms with Crippen LogP contribution in [0.1, 0.15) is 36.0 Å². The van der Waals surface area contributed by atoms with E-state index in [9.17, 15) is 0 Å². The van der Waals surface area contributed by atoms with Crippen LogP contribution in [0.2, 0.25) is 0 Å². The van der Waals surface area contributed by atoms with Gasteiger partial charge in [-0.25, -0.2) is 0 Å². The molecule has 0 atom stereocenters. The van der Waals surface area contributed by atoms with E-state index in [0.717, 1.165) is 55.0 Å². The van der Waals surface area contributed by atoms with Gasteiger partial charge in [0.1, 0.15) is 18.0 Å². The Morgan fingerprint density at radius 2 is 1.93 bits per heavy atom. The lowest BCUT2D eigenvalue weighted by atomic mass is 9.97. The molecule has 29 heavy (non-hydrogen) atoms. The molecule has 1 aromatic carbocycles. The van der Waals surface area contributed by atoms with Crippen molar-refractivity contribution in [2.24, 2.45) is 7.05 Å². The molecule has 0 radical (unpaired) electrons. The second kappa shape index (κ2) is 10.7. The Balaban J connectivity index is 0.000000755. The summed E-state index contributed by atoms with van der Waals surface area (Å²) in [4.78, 5) is 8.36. The van der Waals surface area contributed by atoms with E-state index in [0.29, 0.717) is 5.92 Å². The van der Waals surface area contributed by atoms with E-state index >= 15 is 0 Å². The van der Waals surface area contributed by atoms with E-state index in [1.165, 1.54) is 5.56 Å². The summed E-state index contributed by atoms with van der Waals surface area (Å²) >= 11 is 1.67. The summed E-state index contributed by atoms with van der Waals surface area (Å²) in [6.07, 6.45) is 3.95. The summed E-state index contributed by atoms with van der Waals surface area (Å²) in [5.74, 6) is 3.25. The van der Waals surface area contributed by atoms with E-state index in [4.69, 9.17) is 9.90 Å². The number of nitrogens with zero attached hydrogens (tertiary/aromatic N) is 6. The number of thioether (sulfide) groups is 1. The quantitative estimate of drug-likeness (QED) is 0.464. The summed E-state index contributed by atoms with van der Waals surface area (Å²) < 4.78 is 4.23. The molecule has 1 aliphatic rings. The lowest BCUT2D eigenvalue weighted by Gasteiger charge is -2.23. The van der Waals surface area contributed by atoms with Crippen molar-refractivity contribution in [1.82, 2.24) is 34.8 Å². The van der Waals surface area contributed by atoms with Gasteiger partial charge in [-0.1, -0.05) is 42.1 Å². The number of hydrogen-bond acceptors (Lipinski definition) is 7. The van der Waals surface area contributed by atoms with Crippen molar-refractivity contribution < 1.29 is 9.90 Å². The summed E-state index contributed by atoms with van der Waals surface area (Å²) in [5.41, 5.74) is 1.27. The fourth-order valence-electron chi connectivity index (χ4n) is 3.27. The minimum atomic E-state index is -0.250. The van der Waals surface area contributed by atoms with Gasteiger partial charge in [0.25, 0.3) is 6.47 Å². The molecular weight excluding hydrogens is 390 g/mol. The predicted octanol–water partition coefficient (Wildman–Crippen LogP) is 1.91. The monoisotopic (exact) mass is 415 g/mol. The van der Waals surface area contributed by atoms with Gasteiger partial charge in [0, 0.05) is 13.0 Å². The van der Waals surface area contributed by atoms with Crippen LogP contribution in [0.3, 0.4) is 0 Å². The molecule has 0 amide bonds. The van der Waals surface area contributed by atoms with E-state index in [1.807, 2.05) is 17.7 Å². The molecule has 2 aromatic heterocycles. The number of aromatic nitrogens is 6. The van der Waals surface area contributed by atoms with Gasteiger partial charge in [-0.15, -0.1) is 20.4 Å². The van der Waals surface area contributed by atoms with Gasteiger partial charge in [-0.3, -0.25) is 4.79 Å². The molecule has 1 fully saturated rings. The maximum absolute atomic E-state index is 8.36. The third-order valence-corrected chi connectivity index (χ3v) is 5.73. The first-order valence-electron chi connectivity index (χ1n) is 9.44. The van der Waals surface area contributed by atoms with Crippen LogP contribution >= 0.6 is 11.8 Å². The normalized spacial score (nSPS) is 14.2. The Kier molecular flexibility index (Phi) is 7.77. The van der Waals surface area contributed by atoms with Crippen LogP contribution in [0, 0.1) is 0 Å². The second-order valence-corrected chi connectivity index (χ2v) is 7.63. The molecule has 0 unspecified atom stereocenters. The number of piperidine rings is 1. The molecule has 2 N–H and O–H groups in total. The third kappa shape index (κ3) is 5.64. The topological polar surface area (TPSA) is 111 Å². The number of carboxylic acid groups (broad SMARTS) is 1. The fourth-order valence-corrected chi connectivity index (χ4v) is 4.20. The van der Waals surface area contributed by atoms with Crippen LogP contribution in [0.15, 0.2) is 41.8 Å². The Morgan fingerprint density at radius 3 is 2.59 bits per heavy atom. The first kappa shape index (κ1) is 21.0. The van der Waals surface area contributed by atoms with Gasteiger partial charge in [0.2, 0.25) is 0 Å². The SMILES string of the molecule is Cn1cnnc1CSc1nnc(C2CCNCC2)n1Cc1ccccc1.O=CO. The van der Waals surface area contributed by atoms with Crippen LogP contribution in [-0.4, -0.2) is 54.2 Å². The number of hydrogen-bond donors (Lipinski definition) is 2. The van der Waals surface area contributed by atoms with Crippen LogP contribution in [-0.2, 0) is 24.1 Å². The Labute approximate surface area is 173 Å². The van der Waals surface area contributed by atoms with Crippen LogP contribution in [0.25, 0.3) is 0 Å². The minimum Gasteiger partial charge on any atom is -0.483 e. The minimum absolute atomic E-state index is 0.250. The Hall–Kier alpha value is -2.72. The van der Waals surface area contributed by atoms with E-state index in [2.05, 4.69) is 54.5 Å². The molecule has 0 saturated carbocycles. The highest BCUT2D eigenvalue weighted by Crippen LogP contribution is 2.29. The van der Waals surface area contributed by atoms with E-state index in [-0.39, 0.29) is 6.47 Å². The zero-order valence-electron chi connectivity index (χ0n) is 16.3. The summed E-state index contributed by atoms with van der Waals surface area (Å²) in [6.45, 7) is 2.64. The molecule has 154 valence electrons. The highest BCUT2D eigenvalue weighted by Gasteiger charge is 2.23. The van der Waals surface area contributed by atoms with Crippen molar-refractivity contribution in [3.8, 4) is 0 Å². The van der Waals surface area contributed by atoms with Crippen molar-refractivity contribution in [1.29, 1.82) is 0 Å². The molecule has 9 nitrogen and oxygen atoms in total. The van der Waals surface area contributed by atoms with Gasteiger partial charge >= 0.3 is 0 Å². The van der Waals surface area contributed by atoms with Gasteiger partial charge in [-0.2, -0.15) is 0 Å². The van der Waals surface area contributed by atoms with E-state index < -0.39 is 0 Å². The van der Waals surface area contributed by atoms with Crippen molar-refractivity contribution in [2.75, 3.05) is 13.1 Å². The zero-order chi connectivity index (χ0) is 20.5. The lowest BCUT2D eigenvalue weighted by Crippen LogP contribution is -2.28. The number of nitrogens with one attached hydrogen (secondary N) is 1. The summed E-state index contributed by atoms with van der Waals surface area (Å²) in [7, 11) is 1.96. The second-order valence-electron chi connectivity index (χ2n) is 6.69. The van der Waals surface area contributed by atoms with E-state index in [1.54, 1.807) is 18.1 Å². The first-order valence-corrected chi connectivity index (χ1v) is 10.4. The zero-order valence-corrected chi connectivity index (χ0v) is 17.1. The van der Waals surface area contributed by atoms with Crippen LogP contribution in [0.5, 0.6) is 0 Å². The van der Waals surface area contributed by atoms with Crippen molar-refractivity contribution >= 4 is 18.2 Å². The molecule has 3 heterocycles. The van der Waals surface area contributed by atoms with Crippen LogP contribution < -0.4 is 5.32 Å². The van der Waals surface area contributed by atoms with Gasteiger partial charge in [0.15, 0.2) is 5.16 Å². The molecule has 4 rings (SSSR count). The van der Waals surface area contributed by atoms with Crippen molar-refractivity contribution in [2.45, 2.75) is 36.2 Å². The molecule has 10 heteroatoms. The predicted molar refractivity (Wildman–Crippen MR) is 110 cm³/mol. The molecule has 0 spiro atoms. The van der Waals surface area contributed by atoms with Crippen molar-refractivity contribution in [3.05, 3.63) is 53.9 Å². The number of carbonyl (C=O) groups is 1. The lowest BCUT2D eigenvalue weighted by molar-refractivity contribution is -0.122. The molecule has 1 saturated heterocycles. The van der Waals surface area contributed by atoms with Gasteiger partial charge in [0.05, 0.1) is 12.3 Å². The highest BCUT2D eigenvalue weighted by molar-refractivity contribution is 7.98. The number of benzene rings is 1. The molecule has 0 aliphatic carbocycles. The van der Waals surface area contributed by atoms with Gasteiger partial charge in [-0.05, 0) is 31.5 Å². The fraction of sp³-hybridized carbons (Fsp3) is 0.421. The standard InChI is InChI=1S/C18H23N7S.CH2O2/c1-24-13-20-21-16(24)12-26-18-23-22-17(15-7-9-19-10-8-15)25(18)11-14-5-3-2-4-6-14;2-1-3/h2-6,13,15,19H,7-12H2,1H3;1H,(H,2,3). The van der Waals surface area contributed by atoms with Gasteiger partial charge < -0.3 is 19.6 Å². The number of aryl methyl sites for hydroxylation is 1. The average molecular weight is 416 g/mol. The number of rotatable bonds is 6. The first-order chi connectivity index (χ1) is 14.2. The average Bonchev–Trinajstić information content (AvgIpc) is 3.34. The molecule has 3 aromatic rings. The largest absolute Gasteiger partial charge is 0.483 e. The Morgan fingerprint density at radius 1 is 1.21 bits per heavy atom. The molecule has 0 bridgehead atoms.